The summed E-state index contributed by atoms with van der Waals surface area (Å²) in [6.45, 7) is 2.99. The molecule has 3 heteroatoms. The summed E-state index contributed by atoms with van der Waals surface area (Å²) in [5.74, 6) is 1.18. The van der Waals surface area contributed by atoms with Gasteiger partial charge in [0, 0.05) is 0 Å². The molecule has 3 nitrogen and oxygen atoms in total. The Kier molecular flexibility index (Phi) is 2.26. The molecule has 1 heterocycles. The third-order valence-corrected chi connectivity index (χ3v) is 4.21. The molecule has 1 aliphatic carbocycles. The minimum Gasteiger partial charge on any atom is -0.497 e. The highest BCUT2D eigenvalue weighted by molar-refractivity contribution is 5.97. The van der Waals surface area contributed by atoms with Gasteiger partial charge in [-0.1, -0.05) is 6.07 Å². The topological polar surface area (TPSA) is 38.3 Å². The summed E-state index contributed by atoms with van der Waals surface area (Å²) in [6, 6.07) is 6.12. The lowest BCUT2D eigenvalue weighted by molar-refractivity contribution is -0.128. The Morgan fingerprint density at radius 2 is 2.29 bits per heavy atom. The van der Waals surface area contributed by atoms with Gasteiger partial charge in [0.1, 0.15) is 5.75 Å². The number of nitrogens with one attached hydrogen (secondary N) is 1. The standard InChI is InChI=1S/C14H17NO2/c1-14-5-6-15-12(13(14)16)7-9-3-4-10(17-2)8-11(9)14/h3-4,8,12,15H,5-7H2,1-2H3/t12-,14+/m1/s1. The molecular formula is C14H17NO2. The monoisotopic (exact) mass is 231 g/mol. The largest absolute Gasteiger partial charge is 0.497 e. The number of methoxy groups -OCH3 is 1. The van der Waals surface area contributed by atoms with Crippen molar-refractivity contribution < 1.29 is 9.53 Å². The van der Waals surface area contributed by atoms with E-state index in [-0.39, 0.29) is 11.5 Å². The molecule has 2 atom stereocenters. The number of ether oxygens (including phenoxy) is 1. The minimum atomic E-state index is -0.321. The fourth-order valence-corrected chi connectivity index (χ4v) is 3.12. The average molecular weight is 231 g/mol. The van der Waals surface area contributed by atoms with E-state index in [4.69, 9.17) is 4.74 Å². The summed E-state index contributed by atoms with van der Waals surface area (Å²) < 4.78 is 5.27. The highest BCUT2D eigenvalue weighted by Gasteiger charge is 2.46. The van der Waals surface area contributed by atoms with Crippen LogP contribution in [-0.4, -0.2) is 25.5 Å². The van der Waals surface area contributed by atoms with Gasteiger partial charge >= 0.3 is 0 Å². The Hall–Kier alpha value is -1.35. The van der Waals surface area contributed by atoms with Gasteiger partial charge in [0.2, 0.25) is 0 Å². The SMILES string of the molecule is COc1ccc2c(c1)[C@]1(C)CCN[C@H](C2)C1=O. The van der Waals surface area contributed by atoms with E-state index in [9.17, 15) is 4.79 Å². The molecular weight excluding hydrogens is 214 g/mol. The van der Waals surface area contributed by atoms with Crippen molar-refractivity contribution in [2.24, 2.45) is 0 Å². The maximum Gasteiger partial charge on any atom is 0.160 e. The first-order valence-corrected chi connectivity index (χ1v) is 6.10. The van der Waals surface area contributed by atoms with Crippen molar-refractivity contribution in [3.8, 4) is 5.75 Å². The van der Waals surface area contributed by atoms with Gasteiger partial charge in [-0.2, -0.15) is 0 Å². The summed E-state index contributed by atoms with van der Waals surface area (Å²) >= 11 is 0. The predicted molar refractivity (Wildman–Crippen MR) is 65.5 cm³/mol. The number of rotatable bonds is 1. The molecule has 1 N–H and O–H groups in total. The first-order valence-electron chi connectivity index (χ1n) is 6.10. The van der Waals surface area contributed by atoms with E-state index in [0.29, 0.717) is 5.78 Å². The summed E-state index contributed by atoms with van der Waals surface area (Å²) in [5.41, 5.74) is 2.13. The third kappa shape index (κ3) is 1.42. The highest BCUT2D eigenvalue weighted by atomic mass is 16.5. The van der Waals surface area contributed by atoms with Crippen LogP contribution >= 0.6 is 0 Å². The quantitative estimate of drug-likeness (QED) is 0.795. The summed E-state index contributed by atoms with van der Waals surface area (Å²) in [6.07, 6.45) is 1.69. The summed E-state index contributed by atoms with van der Waals surface area (Å²) in [5, 5.41) is 3.31. The van der Waals surface area contributed by atoms with Crippen molar-refractivity contribution in [2.75, 3.05) is 13.7 Å². The number of hydrogen-bond acceptors (Lipinski definition) is 3. The van der Waals surface area contributed by atoms with Crippen LogP contribution < -0.4 is 10.1 Å². The van der Waals surface area contributed by atoms with E-state index in [1.54, 1.807) is 7.11 Å². The van der Waals surface area contributed by atoms with E-state index in [1.807, 2.05) is 12.1 Å². The molecule has 3 rings (SSSR count). The van der Waals surface area contributed by atoms with Gasteiger partial charge in [-0.05, 0) is 49.6 Å². The van der Waals surface area contributed by atoms with Crippen LogP contribution in [0.1, 0.15) is 24.5 Å². The molecule has 17 heavy (non-hydrogen) atoms. The van der Waals surface area contributed by atoms with E-state index < -0.39 is 0 Å². The summed E-state index contributed by atoms with van der Waals surface area (Å²) in [7, 11) is 1.67. The fourth-order valence-electron chi connectivity index (χ4n) is 3.12. The van der Waals surface area contributed by atoms with Crippen molar-refractivity contribution in [1.29, 1.82) is 0 Å². The molecule has 0 saturated carbocycles. The Balaban J connectivity index is 2.17. The molecule has 1 aromatic carbocycles. The second kappa shape index (κ2) is 3.57. The van der Waals surface area contributed by atoms with E-state index in [1.165, 1.54) is 11.1 Å². The highest BCUT2D eigenvalue weighted by Crippen LogP contribution is 2.40. The molecule has 1 aliphatic heterocycles. The first kappa shape index (κ1) is 10.8. The zero-order valence-corrected chi connectivity index (χ0v) is 10.2. The van der Waals surface area contributed by atoms with Crippen LogP contribution in [0.3, 0.4) is 0 Å². The maximum atomic E-state index is 12.4. The van der Waals surface area contributed by atoms with Crippen molar-refractivity contribution in [3.63, 3.8) is 0 Å². The maximum absolute atomic E-state index is 12.4. The Morgan fingerprint density at radius 1 is 1.47 bits per heavy atom. The zero-order valence-electron chi connectivity index (χ0n) is 10.2. The number of piperidine rings is 1. The second-order valence-electron chi connectivity index (χ2n) is 5.18. The van der Waals surface area contributed by atoms with E-state index >= 15 is 0 Å². The van der Waals surface area contributed by atoms with Gasteiger partial charge in [-0.3, -0.25) is 4.79 Å². The van der Waals surface area contributed by atoms with Crippen LogP contribution in [0.25, 0.3) is 0 Å². The second-order valence-corrected chi connectivity index (χ2v) is 5.18. The Bertz CT molecular complexity index is 483. The van der Waals surface area contributed by atoms with Crippen molar-refractivity contribution in [1.82, 2.24) is 5.32 Å². The number of Topliss-reactive ketones (excluding diaryl/α,β-unsaturated/α-hetero) is 1. The zero-order chi connectivity index (χ0) is 12.0. The molecule has 0 radical (unpaired) electrons. The Labute approximate surface area is 101 Å². The number of benzene rings is 1. The molecule has 1 fully saturated rings. The molecule has 2 aliphatic rings. The van der Waals surface area contributed by atoms with Crippen molar-refractivity contribution >= 4 is 5.78 Å². The lowest BCUT2D eigenvalue weighted by atomic mass is 9.65. The molecule has 0 spiro atoms. The predicted octanol–water partition coefficient (Wildman–Crippen LogP) is 1.44. The van der Waals surface area contributed by atoms with Crippen LogP contribution in [0.15, 0.2) is 18.2 Å². The van der Waals surface area contributed by atoms with Gasteiger partial charge < -0.3 is 10.1 Å². The average Bonchev–Trinajstić information content (AvgIpc) is 2.33. The first-order chi connectivity index (χ1) is 8.15. The van der Waals surface area contributed by atoms with Gasteiger partial charge in [0.05, 0.1) is 18.6 Å². The van der Waals surface area contributed by atoms with Gasteiger partial charge in [0.25, 0.3) is 0 Å². The number of hydrogen-bond donors (Lipinski definition) is 1. The number of fused-ring (bicyclic) bond motifs is 4. The molecule has 0 aromatic heterocycles. The van der Waals surface area contributed by atoms with Crippen LogP contribution in [0.5, 0.6) is 5.75 Å². The molecule has 2 bridgehead atoms. The normalized spacial score (nSPS) is 30.9. The molecule has 1 saturated heterocycles. The van der Waals surface area contributed by atoms with Crippen LogP contribution in [0.2, 0.25) is 0 Å². The van der Waals surface area contributed by atoms with Crippen molar-refractivity contribution in [2.45, 2.75) is 31.2 Å². The minimum absolute atomic E-state index is 0.00893. The van der Waals surface area contributed by atoms with Crippen LogP contribution in [0.4, 0.5) is 0 Å². The van der Waals surface area contributed by atoms with Crippen molar-refractivity contribution in [3.05, 3.63) is 29.3 Å². The fraction of sp³-hybridized carbons (Fsp3) is 0.500. The smallest absolute Gasteiger partial charge is 0.160 e. The van der Waals surface area contributed by atoms with Crippen LogP contribution in [0, 0.1) is 0 Å². The van der Waals surface area contributed by atoms with Gasteiger partial charge in [-0.15, -0.1) is 0 Å². The Morgan fingerprint density at radius 3 is 3.06 bits per heavy atom. The van der Waals surface area contributed by atoms with Gasteiger partial charge in [0.15, 0.2) is 5.78 Å². The summed E-state index contributed by atoms with van der Waals surface area (Å²) in [4.78, 5) is 12.4. The number of carbonyl (C=O) groups is 1. The van der Waals surface area contributed by atoms with E-state index in [2.05, 4.69) is 18.3 Å². The number of ketones is 1. The van der Waals surface area contributed by atoms with Gasteiger partial charge in [-0.25, -0.2) is 0 Å². The van der Waals surface area contributed by atoms with Crippen LogP contribution in [-0.2, 0) is 16.6 Å². The molecule has 90 valence electrons. The molecule has 1 aromatic rings. The lowest BCUT2D eigenvalue weighted by Gasteiger charge is -2.43. The number of carbonyl (C=O) groups excluding carboxylic acids is 1. The molecule has 0 unspecified atom stereocenters. The third-order valence-electron chi connectivity index (χ3n) is 4.21. The van der Waals surface area contributed by atoms with E-state index in [0.717, 1.165) is 25.1 Å². The molecule has 0 amide bonds. The lowest BCUT2D eigenvalue weighted by Crippen LogP contribution is -2.57.